The molecule has 140 valence electrons. The molecule has 26 heavy (non-hydrogen) atoms. The molecule has 3 heteroatoms. The summed E-state index contributed by atoms with van der Waals surface area (Å²) >= 11 is 0. The van der Waals surface area contributed by atoms with Gasteiger partial charge in [-0.2, -0.15) is 0 Å². The fourth-order valence-electron chi connectivity index (χ4n) is 4.62. The van der Waals surface area contributed by atoms with E-state index >= 15 is 0 Å². The van der Waals surface area contributed by atoms with Gasteiger partial charge in [0.1, 0.15) is 0 Å². The third-order valence-electron chi connectivity index (χ3n) is 6.34. The smallest absolute Gasteiger partial charge is 0.0705 e. The van der Waals surface area contributed by atoms with Gasteiger partial charge >= 0.3 is 0 Å². The van der Waals surface area contributed by atoms with E-state index in [4.69, 9.17) is 0 Å². The molecule has 3 nitrogen and oxygen atoms in total. The number of aliphatic hydroxyl groups is 1. The molecule has 0 spiro atoms. The molecule has 0 radical (unpaired) electrons. The number of hydrogen-bond acceptors (Lipinski definition) is 3. The average Bonchev–Trinajstić information content (AvgIpc) is 2.81. The van der Waals surface area contributed by atoms with Crippen molar-refractivity contribution in [2.45, 2.75) is 64.4 Å². The molecule has 0 saturated heterocycles. The van der Waals surface area contributed by atoms with Crippen LogP contribution in [0.5, 0.6) is 0 Å². The summed E-state index contributed by atoms with van der Waals surface area (Å²) in [4.78, 5) is 0. The van der Waals surface area contributed by atoms with Gasteiger partial charge in [-0.3, -0.25) is 10.7 Å². The van der Waals surface area contributed by atoms with Crippen molar-refractivity contribution >= 4 is 5.69 Å². The molecule has 3 rings (SSSR count). The number of unbranched alkanes of at least 4 members (excludes halogenated alkanes) is 1. The maximum absolute atomic E-state index is 11.7. The zero-order valence-electron chi connectivity index (χ0n) is 15.9. The number of nitrogens with one attached hydrogen (secondary N) is 1. The van der Waals surface area contributed by atoms with Gasteiger partial charge in [-0.05, 0) is 59.9 Å². The summed E-state index contributed by atoms with van der Waals surface area (Å²) in [6.07, 6.45) is 5.88. The molecular formula is C23H31NO2. The average molecular weight is 354 g/mol. The summed E-state index contributed by atoms with van der Waals surface area (Å²) in [5, 5.41) is 21.1. The topological polar surface area (TPSA) is 52.5 Å². The number of aliphatic hydroxyl groups excluding tert-OH is 1. The molecule has 0 aliphatic heterocycles. The Morgan fingerprint density at radius 3 is 2.54 bits per heavy atom. The van der Waals surface area contributed by atoms with Gasteiger partial charge in [0.25, 0.3) is 0 Å². The molecule has 0 amide bonds. The van der Waals surface area contributed by atoms with Gasteiger partial charge < -0.3 is 5.11 Å². The predicted octanol–water partition coefficient (Wildman–Crippen LogP) is 5.51. The molecule has 0 aromatic heterocycles. The van der Waals surface area contributed by atoms with E-state index in [1.807, 2.05) is 30.3 Å². The van der Waals surface area contributed by atoms with Crippen LogP contribution in [0.15, 0.2) is 48.5 Å². The van der Waals surface area contributed by atoms with Gasteiger partial charge in [0.15, 0.2) is 0 Å². The number of fused-ring (bicyclic) bond motifs is 1. The molecule has 2 aromatic carbocycles. The summed E-state index contributed by atoms with van der Waals surface area (Å²) in [6.45, 7) is 4.44. The first kappa shape index (κ1) is 18.9. The van der Waals surface area contributed by atoms with Crippen molar-refractivity contribution < 1.29 is 10.3 Å². The Morgan fingerprint density at radius 1 is 1.12 bits per heavy atom. The van der Waals surface area contributed by atoms with Crippen LogP contribution in [0.4, 0.5) is 5.69 Å². The Morgan fingerprint density at radius 2 is 1.88 bits per heavy atom. The number of aryl methyl sites for hydroxylation is 1. The van der Waals surface area contributed by atoms with E-state index in [0.717, 1.165) is 49.7 Å². The van der Waals surface area contributed by atoms with Crippen LogP contribution in [-0.4, -0.2) is 16.4 Å². The van der Waals surface area contributed by atoms with Crippen molar-refractivity contribution in [3.63, 3.8) is 0 Å². The second-order valence-electron chi connectivity index (χ2n) is 7.68. The van der Waals surface area contributed by atoms with Crippen LogP contribution in [0.1, 0.15) is 68.6 Å². The molecule has 0 heterocycles. The highest BCUT2D eigenvalue weighted by Gasteiger charge is 2.43. The third-order valence-corrected chi connectivity index (χ3v) is 6.34. The third kappa shape index (κ3) is 3.51. The highest BCUT2D eigenvalue weighted by atomic mass is 16.5. The van der Waals surface area contributed by atoms with Crippen LogP contribution in [0.25, 0.3) is 0 Å². The van der Waals surface area contributed by atoms with Crippen molar-refractivity contribution in [3.8, 4) is 0 Å². The molecule has 3 atom stereocenters. The summed E-state index contributed by atoms with van der Waals surface area (Å²) in [7, 11) is 0. The van der Waals surface area contributed by atoms with Crippen LogP contribution in [0, 0.1) is 5.41 Å². The lowest BCUT2D eigenvalue weighted by atomic mass is 9.67. The molecule has 3 N–H and O–H groups in total. The largest absolute Gasteiger partial charge is 0.392 e. The Hall–Kier alpha value is -1.84. The maximum atomic E-state index is 11.7. The molecule has 1 aliphatic rings. The zero-order valence-corrected chi connectivity index (χ0v) is 15.9. The van der Waals surface area contributed by atoms with Gasteiger partial charge in [0.05, 0.1) is 11.8 Å². The number of anilines is 1. The van der Waals surface area contributed by atoms with E-state index in [1.54, 1.807) is 0 Å². The molecule has 0 fully saturated rings. The molecule has 0 unspecified atom stereocenters. The van der Waals surface area contributed by atoms with Crippen molar-refractivity contribution in [2.24, 2.45) is 5.41 Å². The van der Waals surface area contributed by atoms with E-state index in [2.05, 4.69) is 37.5 Å². The van der Waals surface area contributed by atoms with Crippen molar-refractivity contribution in [3.05, 3.63) is 65.2 Å². The normalized spacial score (nSPS) is 25.4. The van der Waals surface area contributed by atoms with Crippen LogP contribution in [-0.2, 0) is 6.42 Å². The van der Waals surface area contributed by atoms with Crippen molar-refractivity contribution in [1.82, 2.24) is 0 Å². The minimum atomic E-state index is -0.434. The number of rotatable bonds is 6. The van der Waals surface area contributed by atoms with Crippen LogP contribution in [0.3, 0.4) is 0 Å². The summed E-state index contributed by atoms with van der Waals surface area (Å²) in [5.41, 5.74) is 6.44. The van der Waals surface area contributed by atoms with E-state index in [9.17, 15) is 10.3 Å². The lowest BCUT2D eigenvalue weighted by Gasteiger charge is -2.40. The van der Waals surface area contributed by atoms with Crippen molar-refractivity contribution in [2.75, 3.05) is 5.48 Å². The Balaban J connectivity index is 2.13. The lowest BCUT2D eigenvalue weighted by Crippen LogP contribution is -2.38. The van der Waals surface area contributed by atoms with E-state index in [0.29, 0.717) is 5.69 Å². The molecule has 2 aromatic rings. The highest BCUT2D eigenvalue weighted by molar-refractivity contribution is 5.52. The fourth-order valence-corrected chi connectivity index (χ4v) is 4.62. The highest BCUT2D eigenvalue weighted by Crippen LogP contribution is 2.49. The van der Waals surface area contributed by atoms with Crippen LogP contribution in [0.2, 0.25) is 0 Å². The summed E-state index contributed by atoms with van der Waals surface area (Å²) in [6, 6.07) is 16.3. The SMILES string of the molecule is CCCC[C@]1(CC)CCc2ccc(NO)cc2[C@@H](c2ccccc2)[C@H]1O. The fraction of sp³-hybridized carbons (Fsp3) is 0.478. The van der Waals surface area contributed by atoms with Gasteiger partial charge in [-0.25, -0.2) is 0 Å². The van der Waals surface area contributed by atoms with Crippen LogP contribution < -0.4 is 5.48 Å². The Bertz CT molecular complexity index is 715. The van der Waals surface area contributed by atoms with Gasteiger partial charge in [0.2, 0.25) is 0 Å². The zero-order chi connectivity index (χ0) is 18.6. The number of benzene rings is 2. The van der Waals surface area contributed by atoms with E-state index in [1.165, 1.54) is 5.56 Å². The minimum Gasteiger partial charge on any atom is -0.392 e. The Kier molecular flexibility index (Phi) is 6.00. The first-order valence-electron chi connectivity index (χ1n) is 9.91. The summed E-state index contributed by atoms with van der Waals surface area (Å²) in [5.74, 6) is -0.0705. The standard InChI is InChI=1S/C23H31NO2/c1-3-5-14-23(4-2)15-13-17-11-12-19(24-26)16-20(17)21(22(23)25)18-9-7-6-8-10-18/h6-12,16,21-22,24-26H,3-5,13-15H2,1-2H3/t21-,22-,23-/m1/s1. The first-order valence-corrected chi connectivity index (χ1v) is 9.91. The van der Waals surface area contributed by atoms with Gasteiger partial charge in [0, 0.05) is 5.92 Å². The lowest BCUT2D eigenvalue weighted by molar-refractivity contribution is -0.00155. The molecule has 0 bridgehead atoms. The predicted molar refractivity (Wildman–Crippen MR) is 107 cm³/mol. The molecule has 1 aliphatic carbocycles. The first-order chi connectivity index (χ1) is 12.6. The minimum absolute atomic E-state index is 0.0671. The maximum Gasteiger partial charge on any atom is 0.0705 e. The second kappa shape index (κ2) is 8.24. The molecule has 0 saturated carbocycles. The number of hydrogen-bond donors (Lipinski definition) is 3. The van der Waals surface area contributed by atoms with E-state index < -0.39 is 6.10 Å². The van der Waals surface area contributed by atoms with E-state index in [-0.39, 0.29) is 11.3 Å². The van der Waals surface area contributed by atoms with Crippen LogP contribution >= 0.6 is 0 Å². The van der Waals surface area contributed by atoms with Crippen molar-refractivity contribution in [1.29, 1.82) is 0 Å². The Labute approximate surface area is 157 Å². The van der Waals surface area contributed by atoms with Gasteiger partial charge in [-0.1, -0.05) is 63.1 Å². The quantitative estimate of drug-likeness (QED) is 0.474. The van der Waals surface area contributed by atoms with Gasteiger partial charge in [-0.15, -0.1) is 0 Å². The molecular weight excluding hydrogens is 322 g/mol. The summed E-state index contributed by atoms with van der Waals surface area (Å²) < 4.78 is 0. The monoisotopic (exact) mass is 353 g/mol. The second-order valence-corrected chi connectivity index (χ2v) is 7.68.